The Morgan fingerprint density at radius 2 is 2.31 bits per heavy atom. The van der Waals surface area contributed by atoms with E-state index >= 15 is 0 Å². The van der Waals surface area contributed by atoms with Crippen molar-refractivity contribution < 1.29 is 19.2 Å². The summed E-state index contributed by atoms with van der Waals surface area (Å²) in [5, 5.41) is 2.84. The topological polar surface area (TPSA) is 76.7 Å². The molecule has 0 aromatic rings. The zero-order valence-corrected chi connectivity index (χ0v) is 7.33. The van der Waals surface area contributed by atoms with Gasteiger partial charge in [0.25, 0.3) is 5.91 Å². The summed E-state index contributed by atoms with van der Waals surface area (Å²) in [5.74, 6) is -0.939. The van der Waals surface area contributed by atoms with Crippen molar-refractivity contribution >= 4 is 11.9 Å². The maximum atomic E-state index is 11.0. The van der Waals surface area contributed by atoms with Gasteiger partial charge in [0.1, 0.15) is 12.6 Å². The van der Waals surface area contributed by atoms with Crippen LogP contribution in [0.3, 0.4) is 0 Å². The molecule has 6 nitrogen and oxygen atoms in total. The highest BCUT2D eigenvalue weighted by Gasteiger charge is 2.26. The van der Waals surface area contributed by atoms with Gasteiger partial charge in [-0.25, -0.2) is 4.79 Å². The van der Waals surface area contributed by atoms with Crippen LogP contribution in [0.4, 0.5) is 0 Å². The van der Waals surface area contributed by atoms with E-state index in [9.17, 15) is 9.59 Å². The van der Waals surface area contributed by atoms with Crippen LogP contribution in [0, 0.1) is 0 Å². The summed E-state index contributed by atoms with van der Waals surface area (Å²) in [6, 6.07) is -0.275. The molecule has 1 atom stereocenters. The quantitative estimate of drug-likeness (QED) is 0.531. The Hall–Kier alpha value is -1.14. The summed E-state index contributed by atoms with van der Waals surface area (Å²) in [4.78, 5) is 26.2. The molecule has 74 valence electrons. The minimum atomic E-state index is -0.477. The molecule has 1 aliphatic heterocycles. The van der Waals surface area contributed by atoms with Crippen molar-refractivity contribution in [2.75, 3.05) is 20.3 Å². The van der Waals surface area contributed by atoms with Gasteiger partial charge in [-0.15, -0.1) is 0 Å². The van der Waals surface area contributed by atoms with Gasteiger partial charge >= 0.3 is 5.97 Å². The fourth-order valence-electron chi connectivity index (χ4n) is 0.829. The number of hydroxylamine groups is 1. The lowest BCUT2D eigenvalue weighted by Gasteiger charge is -2.24. The molecule has 1 heterocycles. The molecule has 0 aromatic heterocycles. The predicted molar refractivity (Wildman–Crippen MR) is 42.5 cm³/mol. The van der Waals surface area contributed by atoms with Crippen molar-refractivity contribution in [2.24, 2.45) is 0 Å². The molecule has 0 spiro atoms. The van der Waals surface area contributed by atoms with Crippen molar-refractivity contribution in [3.8, 4) is 0 Å². The monoisotopic (exact) mass is 188 g/mol. The zero-order chi connectivity index (χ0) is 9.68. The summed E-state index contributed by atoms with van der Waals surface area (Å²) in [6.45, 7) is 0.692. The molecule has 1 aliphatic rings. The van der Waals surface area contributed by atoms with Crippen molar-refractivity contribution in [3.05, 3.63) is 0 Å². The minimum absolute atomic E-state index is 0.120. The van der Waals surface area contributed by atoms with E-state index in [1.165, 1.54) is 7.11 Å². The first-order valence-electron chi connectivity index (χ1n) is 3.96. The summed E-state index contributed by atoms with van der Waals surface area (Å²) in [6.07, 6.45) is 0.749. The van der Waals surface area contributed by atoms with Gasteiger partial charge in [0, 0.05) is 7.11 Å². The van der Waals surface area contributed by atoms with Gasteiger partial charge < -0.3 is 14.9 Å². The van der Waals surface area contributed by atoms with Gasteiger partial charge in [-0.3, -0.25) is 4.79 Å². The molecule has 1 rings (SSSR count). The molecule has 1 fully saturated rings. The Kier molecular flexibility index (Phi) is 3.66. The van der Waals surface area contributed by atoms with Gasteiger partial charge in [0.05, 0.1) is 0 Å². The molecule has 0 bridgehead atoms. The van der Waals surface area contributed by atoms with Crippen molar-refractivity contribution in [1.82, 2.24) is 10.8 Å². The number of amides is 1. The maximum Gasteiger partial charge on any atom is 0.349 e. The highest BCUT2D eigenvalue weighted by molar-refractivity contribution is 5.81. The largest absolute Gasteiger partial charge is 0.375 e. The fraction of sp³-hybridized carbons (Fsp3) is 0.714. The Balaban J connectivity index is 2.10. The highest BCUT2D eigenvalue weighted by Crippen LogP contribution is 2.02. The number of carbonyl (C=O) groups excluding carboxylic acids is 2. The third kappa shape index (κ3) is 3.00. The average molecular weight is 188 g/mol. The van der Waals surface area contributed by atoms with Gasteiger partial charge in [0.15, 0.2) is 0 Å². The molecule has 0 aromatic carbocycles. The lowest BCUT2D eigenvalue weighted by atomic mass is 10.1. The minimum Gasteiger partial charge on any atom is -0.375 e. The van der Waals surface area contributed by atoms with Gasteiger partial charge in [-0.05, 0) is 13.0 Å². The molecule has 1 unspecified atom stereocenters. The second-order valence-electron chi connectivity index (χ2n) is 2.67. The van der Waals surface area contributed by atoms with Crippen LogP contribution in [-0.4, -0.2) is 38.2 Å². The number of hydrogen-bond acceptors (Lipinski definition) is 5. The molecule has 13 heavy (non-hydrogen) atoms. The Morgan fingerprint density at radius 3 is 2.77 bits per heavy atom. The Labute approximate surface area is 75.5 Å². The van der Waals surface area contributed by atoms with Crippen LogP contribution in [-0.2, 0) is 19.2 Å². The fourth-order valence-corrected chi connectivity index (χ4v) is 0.829. The third-order valence-corrected chi connectivity index (χ3v) is 1.65. The first-order chi connectivity index (χ1) is 6.24. The molecule has 6 heteroatoms. The highest BCUT2D eigenvalue weighted by atomic mass is 16.7. The van der Waals surface area contributed by atoms with E-state index in [1.54, 1.807) is 0 Å². The van der Waals surface area contributed by atoms with Gasteiger partial charge in [0.2, 0.25) is 0 Å². The van der Waals surface area contributed by atoms with Crippen LogP contribution in [0.15, 0.2) is 0 Å². The van der Waals surface area contributed by atoms with Crippen LogP contribution < -0.4 is 10.8 Å². The predicted octanol–water partition coefficient (Wildman–Crippen LogP) is -1.43. The van der Waals surface area contributed by atoms with Crippen molar-refractivity contribution in [3.63, 3.8) is 0 Å². The smallest absolute Gasteiger partial charge is 0.349 e. The van der Waals surface area contributed by atoms with Crippen LogP contribution in [0.1, 0.15) is 6.42 Å². The molecule has 0 radical (unpaired) electrons. The van der Waals surface area contributed by atoms with Crippen LogP contribution in [0.5, 0.6) is 0 Å². The molecule has 0 saturated carbocycles. The molecule has 2 N–H and O–H groups in total. The molecule has 1 amide bonds. The molecule has 0 aliphatic carbocycles. The first kappa shape index (κ1) is 9.94. The van der Waals surface area contributed by atoms with E-state index in [2.05, 4.69) is 14.9 Å². The van der Waals surface area contributed by atoms with Gasteiger partial charge in [-0.2, -0.15) is 5.48 Å². The van der Waals surface area contributed by atoms with E-state index in [0.717, 1.165) is 13.0 Å². The van der Waals surface area contributed by atoms with E-state index < -0.39 is 11.9 Å². The van der Waals surface area contributed by atoms with E-state index in [-0.39, 0.29) is 12.6 Å². The summed E-state index contributed by atoms with van der Waals surface area (Å²) >= 11 is 0. The van der Waals surface area contributed by atoms with E-state index in [1.807, 2.05) is 5.48 Å². The standard InChI is InChI=1S/C7H12N2O4/c1-12-4-6(10)9-13-7(11)5-2-3-8-5/h5,8H,2-4H2,1H3,(H,9,10). The number of rotatable bonds is 3. The number of nitrogens with one attached hydrogen (secondary N) is 2. The maximum absolute atomic E-state index is 11.0. The van der Waals surface area contributed by atoms with E-state index in [4.69, 9.17) is 0 Å². The van der Waals surface area contributed by atoms with Crippen LogP contribution in [0.25, 0.3) is 0 Å². The summed E-state index contributed by atoms with van der Waals surface area (Å²) < 4.78 is 4.52. The van der Waals surface area contributed by atoms with Crippen molar-refractivity contribution in [2.45, 2.75) is 12.5 Å². The second kappa shape index (κ2) is 4.78. The normalized spacial score (nSPS) is 20.2. The first-order valence-corrected chi connectivity index (χ1v) is 3.96. The number of hydrogen-bond donors (Lipinski definition) is 2. The number of carbonyl (C=O) groups is 2. The number of methoxy groups -OCH3 is 1. The average Bonchev–Trinajstić information content (AvgIpc) is 1.98. The Morgan fingerprint density at radius 1 is 1.62 bits per heavy atom. The van der Waals surface area contributed by atoms with Gasteiger partial charge in [-0.1, -0.05) is 0 Å². The summed E-state index contributed by atoms with van der Waals surface area (Å²) in [5.41, 5.74) is 1.98. The SMILES string of the molecule is COCC(=O)NOC(=O)C1CCN1. The van der Waals surface area contributed by atoms with Crippen LogP contribution in [0.2, 0.25) is 0 Å². The summed E-state index contributed by atoms with van der Waals surface area (Å²) in [7, 11) is 1.38. The Bertz CT molecular complexity index is 203. The molecular formula is C7H12N2O4. The van der Waals surface area contributed by atoms with Crippen molar-refractivity contribution in [1.29, 1.82) is 0 Å². The van der Waals surface area contributed by atoms with E-state index in [0.29, 0.717) is 0 Å². The van der Waals surface area contributed by atoms with Crippen LogP contribution >= 0.6 is 0 Å². The second-order valence-corrected chi connectivity index (χ2v) is 2.67. The molecular weight excluding hydrogens is 176 g/mol. The third-order valence-electron chi connectivity index (χ3n) is 1.65. The lowest BCUT2D eigenvalue weighted by molar-refractivity contribution is -0.163. The molecule has 1 saturated heterocycles. The lowest BCUT2D eigenvalue weighted by Crippen LogP contribution is -2.51. The number of ether oxygens (including phenoxy) is 1. The zero-order valence-electron chi connectivity index (χ0n) is 7.33.